The van der Waals surface area contributed by atoms with Crippen LogP contribution in [0.4, 0.5) is 15.9 Å². The van der Waals surface area contributed by atoms with Gasteiger partial charge in [0.05, 0.1) is 34.9 Å². The molecule has 1 atom stereocenters. The monoisotopic (exact) mass is 365 g/mol. The lowest BCUT2D eigenvalue weighted by atomic mass is 10.0. The van der Waals surface area contributed by atoms with Crippen molar-refractivity contribution in [3.63, 3.8) is 0 Å². The molecule has 1 unspecified atom stereocenters. The summed E-state index contributed by atoms with van der Waals surface area (Å²) >= 11 is 0. The van der Waals surface area contributed by atoms with E-state index in [-0.39, 0.29) is 18.2 Å². The Labute approximate surface area is 156 Å². The number of nitrogens with one attached hydrogen (secondary N) is 2. The molecule has 1 aromatic carbocycles. The minimum Gasteiger partial charge on any atom is -0.390 e. The number of nitrogens with zero attached hydrogens (tertiary/aromatic N) is 2. The number of halogens is 1. The summed E-state index contributed by atoms with van der Waals surface area (Å²) in [5.41, 5.74) is 8.71. The largest absolute Gasteiger partial charge is 0.390 e. The molecule has 2 aromatic heterocycles. The number of benzene rings is 1. The maximum atomic E-state index is 14.6. The number of aliphatic hydroxyl groups excluding tert-OH is 1. The summed E-state index contributed by atoms with van der Waals surface area (Å²) in [6.07, 6.45) is 0.948. The molecule has 3 aromatic rings. The first-order valence-corrected chi connectivity index (χ1v) is 8.42. The Morgan fingerprint density at radius 2 is 2.00 bits per heavy atom. The lowest BCUT2D eigenvalue weighted by Crippen LogP contribution is -2.07. The van der Waals surface area contributed by atoms with Crippen LogP contribution in [0.1, 0.15) is 29.9 Å². The third-order valence-electron chi connectivity index (χ3n) is 4.04. The Hall–Kier alpha value is -3.16. The first kappa shape index (κ1) is 18.6. The number of hydrogen-bond acceptors (Lipinski definition) is 6. The van der Waals surface area contributed by atoms with Crippen LogP contribution < -0.4 is 11.1 Å². The minimum atomic E-state index is -0.545. The molecule has 0 saturated heterocycles. The molecule has 27 heavy (non-hydrogen) atoms. The number of hydrogen-bond donors (Lipinski definition) is 4. The highest BCUT2D eigenvalue weighted by Gasteiger charge is 2.13. The molecule has 0 aliphatic rings. The number of nitrogens with two attached hydrogens (primary N) is 1. The predicted octanol–water partition coefficient (Wildman–Crippen LogP) is 3.54. The van der Waals surface area contributed by atoms with Gasteiger partial charge in [-0.15, -0.1) is 0 Å². The van der Waals surface area contributed by atoms with Gasteiger partial charge in [0.25, 0.3) is 0 Å². The predicted molar refractivity (Wildman–Crippen MR) is 104 cm³/mol. The highest BCUT2D eigenvalue weighted by molar-refractivity contribution is 5.89. The molecule has 7 heteroatoms. The fraction of sp³-hybridized carbons (Fsp3) is 0.150. The third kappa shape index (κ3) is 4.16. The van der Waals surface area contributed by atoms with E-state index < -0.39 is 5.82 Å². The summed E-state index contributed by atoms with van der Waals surface area (Å²) in [5, 5.41) is 19.8. The standard InChI is InChI=1S/C20H20FN5O/c1-12(23)17-5-3-6-18(25-17)13-8-16(21)15(10-22)19(9-13)26-20-7-2-4-14(11-27)24-20/h2-10,12,22,27H,11,23H2,1H3,(H,24,26). The van der Waals surface area contributed by atoms with Gasteiger partial charge in [-0.1, -0.05) is 12.1 Å². The van der Waals surface area contributed by atoms with Crippen molar-refractivity contribution < 1.29 is 9.50 Å². The summed E-state index contributed by atoms with van der Waals surface area (Å²) in [4.78, 5) is 8.73. The van der Waals surface area contributed by atoms with Crippen LogP contribution in [0, 0.1) is 11.2 Å². The van der Waals surface area contributed by atoms with Crippen LogP contribution in [0.25, 0.3) is 11.3 Å². The SMILES string of the molecule is CC(N)c1cccc(-c2cc(F)c(C=N)c(Nc3cccc(CO)n3)c2)n1. The molecule has 0 bridgehead atoms. The van der Waals surface area contributed by atoms with E-state index in [0.717, 1.165) is 6.21 Å². The van der Waals surface area contributed by atoms with Gasteiger partial charge in [-0.25, -0.2) is 9.37 Å². The summed E-state index contributed by atoms with van der Waals surface area (Å²) in [6, 6.07) is 13.4. The van der Waals surface area contributed by atoms with Gasteiger partial charge in [-0.2, -0.15) is 0 Å². The van der Waals surface area contributed by atoms with Crippen LogP contribution in [0.2, 0.25) is 0 Å². The smallest absolute Gasteiger partial charge is 0.134 e. The summed E-state index contributed by atoms with van der Waals surface area (Å²) in [5.74, 6) is -0.102. The van der Waals surface area contributed by atoms with Crippen LogP contribution in [0.5, 0.6) is 0 Å². The molecule has 0 fully saturated rings. The molecule has 0 aliphatic heterocycles. The summed E-state index contributed by atoms with van der Waals surface area (Å²) in [6.45, 7) is 1.63. The van der Waals surface area contributed by atoms with Crippen molar-refractivity contribution >= 4 is 17.7 Å². The number of rotatable bonds is 6. The molecule has 0 aliphatic carbocycles. The second-order valence-corrected chi connectivity index (χ2v) is 6.10. The molecule has 0 radical (unpaired) electrons. The van der Waals surface area contributed by atoms with Crippen molar-refractivity contribution in [3.05, 3.63) is 71.3 Å². The van der Waals surface area contributed by atoms with Gasteiger partial charge in [-0.05, 0) is 43.3 Å². The van der Waals surface area contributed by atoms with Crippen molar-refractivity contribution in [1.29, 1.82) is 5.41 Å². The van der Waals surface area contributed by atoms with E-state index >= 15 is 0 Å². The van der Waals surface area contributed by atoms with E-state index in [1.807, 2.05) is 19.1 Å². The Bertz CT molecular complexity index is 974. The lowest BCUT2D eigenvalue weighted by Gasteiger charge is -2.13. The normalized spacial score (nSPS) is 11.9. The topological polar surface area (TPSA) is 108 Å². The van der Waals surface area contributed by atoms with Crippen LogP contribution in [-0.4, -0.2) is 21.3 Å². The lowest BCUT2D eigenvalue weighted by molar-refractivity contribution is 0.277. The van der Waals surface area contributed by atoms with E-state index in [1.165, 1.54) is 6.07 Å². The number of anilines is 2. The Morgan fingerprint density at radius 1 is 1.22 bits per heavy atom. The average Bonchev–Trinajstić information content (AvgIpc) is 2.68. The van der Waals surface area contributed by atoms with E-state index in [1.54, 1.807) is 30.3 Å². The quantitative estimate of drug-likeness (QED) is 0.500. The third-order valence-corrected chi connectivity index (χ3v) is 4.04. The molecular weight excluding hydrogens is 345 g/mol. The molecule has 2 heterocycles. The van der Waals surface area contributed by atoms with Crippen molar-refractivity contribution in [2.75, 3.05) is 5.32 Å². The van der Waals surface area contributed by atoms with Crippen molar-refractivity contribution in [3.8, 4) is 11.3 Å². The second kappa shape index (κ2) is 8.03. The summed E-state index contributed by atoms with van der Waals surface area (Å²) < 4.78 is 14.6. The molecule has 0 spiro atoms. The maximum Gasteiger partial charge on any atom is 0.134 e. The number of aromatic nitrogens is 2. The second-order valence-electron chi connectivity index (χ2n) is 6.10. The Balaban J connectivity index is 2.05. The maximum absolute atomic E-state index is 14.6. The van der Waals surface area contributed by atoms with Crippen molar-refractivity contribution in [2.45, 2.75) is 19.6 Å². The zero-order valence-electron chi connectivity index (χ0n) is 14.8. The number of pyridine rings is 2. The molecular formula is C20H20FN5O. The van der Waals surface area contributed by atoms with E-state index in [4.69, 9.17) is 11.1 Å². The van der Waals surface area contributed by atoms with E-state index in [9.17, 15) is 9.50 Å². The van der Waals surface area contributed by atoms with Crippen molar-refractivity contribution in [2.24, 2.45) is 5.73 Å². The highest BCUT2D eigenvalue weighted by Crippen LogP contribution is 2.29. The fourth-order valence-corrected chi connectivity index (χ4v) is 2.66. The highest BCUT2D eigenvalue weighted by atomic mass is 19.1. The van der Waals surface area contributed by atoms with Crippen LogP contribution >= 0.6 is 0 Å². The number of aliphatic hydroxyl groups is 1. The van der Waals surface area contributed by atoms with E-state index in [2.05, 4.69) is 15.3 Å². The molecule has 6 nitrogen and oxygen atoms in total. The Kier molecular flexibility index (Phi) is 5.54. The zero-order chi connectivity index (χ0) is 19.4. The van der Waals surface area contributed by atoms with Crippen LogP contribution in [0.15, 0.2) is 48.5 Å². The first-order valence-electron chi connectivity index (χ1n) is 8.42. The van der Waals surface area contributed by atoms with Gasteiger partial charge in [0, 0.05) is 17.8 Å². The van der Waals surface area contributed by atoms with Gasteiger partial charge >= 0.3 is 0 Å². The molecule has 3 rings (SSSR count). The first-order chi connectivity index (χ1) is 13.0. The molecule has 138 valence electrons. The summed E-state index contributed by atoms with van der Waals surface area (Å²) in [7, 11) is 0. The van der Waals surface area contributed by atoms with Crippen LogP contribution in [-0.2, 0) is 6.61 Å². The van der Waals surface area contributed by atoms with Crippen molar-refractivity contribution in [1.82, 2.24) is 9.97 Å². The average molecular weight is 365 g/mol. The van der Waals surface area contributed by atoms with Gasteiger partial charge in [0.1, 0.15) is 11.6 Å². The van der Waals surface area contributed by atoms with Gasteiger partial charge < -0.3 is 21.6 Å². The van der Waals surface area contributed by atoms with Gasteiger partial charge in [0.15, 0.2) is 0 Å². The molecule has 0 saturated carbocycles. The van der Waals surface area contributed by atoms with E-state index in [0.29, 0.717) is 34.2 Å². The molecule has 0 amide bonds. The Morgan fingerprint density at radius 3 is 2.70 bits per heavy atom. The minimum absolute atomic E-state index is 0.110. The van der Waals surface area contributed by atoms with Crippen LogP contribution in [0.3, 0.4) is 0 Å². The fourth-order valence-electron chi connectivity index (χ4n) is 2.66. The van der Waals surface area contributed by atoms with Gasteiger partial charge in [-0.3, -0.25) is 4.98 Å². The zero-order valence-corrected chi connectivity index (χ0v) is 14.8. The van der Waals surface area contributed by atoms with Gasteiger partial charge in [0.2, 0.25) is 0 Å². The molecule has 5 N–H and O–H groups in total.